The van der Waals surface area contributed by atoms with Gasteiger partial charge in [-0.1, -0.05) is 36.4 Å². The highest BCUT2D eigenvalue weighted by molar-refractivity contribution is 7.18. The van der Waals surface area contributed by atoms with E-state index in [0.29, 0.717) is 22.9 Å². The lowest BCUT2D eigenvalue weighted by Crippen LogP contribution is -2.44. The topological polar surface area (TPSA) is 123 Å². The van der Waals surface area contributed by atoms with Gasteiger partial charge in [-0.15, -0.1) is 11.3 Å². The van der Waals surface area contributed by atoms with Crippen LogP contribution >= 0.6 is 11.3 Å². The molecule has 0 atom stereocenters. The van der Waals surface area contributed by atoms with Crippen LogP contribution in [0.2, 0.25) is 0 Å². The summed E-state index contributed by atoms with van der Waals surface area (Å²) in [5, 5.41) is 16.4. The minimum atomic E-state index is -0.975. The lowest BCUT2D eigenvalue weighted by atomic mass is 10.0. The molecule has 9 nitrogen and oxygen atoms in total. The number of carbonyl (C=O) groups is 2. The molecule has 2 aromatic carbocycles. The predicted octanol–water partition coefficient (Wildman–Crippen LogP) is 7.09. The number of methoxy groups -OCH3 is 1. The third kappa shape index (κ3) is 5.40. The fourth-order valence-corrected chi connectivity index (χ4v) is 6.08. The van der Waals surface area contributed by atoms with Crippen molar-refractivity contribution in [1.82, 2.24) is 14.5 Å². The van der Waals surface area contributed by atoms with Crippen LogP contribution in [0, 0.1) is 0 Å². The quantitative estimate of drug-likeness (QED) is 0.188. The number of benzene rings is 2. The summed E-state index contributed by atoms with van der Waals surface area (Å²) in [6, 6.07) is 15.3. The fourth-order valence-electron chi connectivity index (χ4n) is 5.00. The Balaban J connectivity index is 1.44. The number of anilines is 2. The number of fused-ring (bicyclic) bond motifs is 2. The molecule has 216 valence electrons. The van der Waals surface area contributed by atoms with Gasteiger partial charge in [0.25, 0.3) is 5.91 Å². The number of nitrogens with one attached hydrogen (secondary N) is 1. The number of pyridine rings is 1. The number of para-hydroxylation sites is 1. The molecule has 0 bridgehead atoms. The minimum absolute atomic E-state index is 0.237. The van der Waals surface area contributed by atoms with Gasteiger partial charge in [-0.05, 0) is 56.0 Å². The first-order valence-corrected chi connectivity index (χ1v) is 14.2. The molecule has 0 radical (unpaired) electrons. The van der Waals surface area contributed by atoms with Gasteiger partial charge in [0, 0.05) is 57.4 Å². The summed E-state index contributed by atoms with van der Waals surface area (Å²) in [6.45, 7) is 5.82. The zero-order valence-electron chi connectivity index (χ0n) is 24.1. The Morgan fingerprint density at radius 3 is 2.64 bits per heavy atom. The van der Waals surface area contributed by atoms with Gasteiger partial charge >= 0.3 is 6.09 Å². The number of thiophene rings is 1. The Labute approximate surface area is 247 Å². The largest absolute Gasteiger partial charge is 0.495 e. The van der Waals surface area contributed by atoms with E-state index in [1.54, 1.807) is 13.3 Å². The van der Waals surface area contributed by atoms with E-state index in [-0.39, 0.29) is 12.5 Å². The lowest BCUT2D eigenvalue weighted by molar-refractivity contribution is 0.101. The molecule has 5 rings (SSSR count). The second kappa shape index (κ2) is 11.2. The number of nitrogens with zero attached hydrogens (tertiary/aromatic N) is 3. The zero-order valence-corrected chi connectivity index (χ0v) is 25.0. The number of rotatable bonds is 7. The average molecular weight is 584 g/mol. The SMILES string of the molecule is COc1cc(-c2csc3c(C=CCN(C(=O)O)C(C)(C)C)cnc(N)c23)ccc1NC(=O)c1cc2ccccc2n1C. The van der Waals surface area contributed by atoms with Crippen LogP contribution in [0.25, 0.3) is 38.2 Å². The van der Waals surface area contributed by atoms with Gasteiger partial charge in [0.05, 0.1) is 12.8 Å². The molecule has 10 heteroatoms. The maximum atomic E-state index is 13.2. The van der Waals surface area contributed by atoms with E-state index in [1.807, 2.05) is 98.4 Å². The van der Waals surface area contributed by atoms with Crippen LogP contribution < -0.4 is 15.8 Å². The van der Waals surface area contributed by atoms with Crippen molar-refractivity contribution in [3.63, 3.8) is 0 Å². The Morgan fingerprint density at radius 1 is 1.19 bits per heavy atom. The van der Waals surface area contributed by atoms with Crippen LogP contribution in [0.3, 0.4) is 0 Å². The number of nitrogen functional groups attached to an aromatic ring is 1. The number of carbonyl (C=O) groups excluding carboxylic acids is 1. The summed E-state index contributed by atoms with van der Waals surface area (Å²) in [4.78, 5) is 30.7. The third-order valence-electron chi connectivity index (χ3n) is 7.22. The number of ether oxygens (including phenoxy) is 1. The molecule has 0 spiro atoms. The zero-order chi connectivity index (χ0) is 30.2. The molecular formula is C32H33N5O4S. The van der Waals surface area contributed by atoms with Crippen molar-refractivity contribution in [2.45, 2.75) is 26.3 Å². The van der Waals surface area contributed by atoms with Crippen molar-refractivity contribution in [3.8, 4) is 16.9 Å². The Kier molecular flexibility index (Phi) is 7.66. The summed E-state index contributed by atoms with van der Waals surface area (Å²) < 4.78 is 8.48. The second-order valence-corrected chi connectivity index (χ2v) is 11.8. The number of aryl methyl sites for hydroxylation is 1. The number of amides is 2. The van der Waals surface area contributed by atoms with Crippen LogP contribution in [0.1, 0.15) is 36.8 Å². The van der Waals surface area contributed by atoms with E-state index in [1.165, 1.54) is 16.2 Å². The molecule has 5 aromatic rings. The van der Waals surface area contributed by atoms with E-state index >= 15 is 0 Å². The summed E-state index contributed by atoms with van der Waals surface area (Å²) in [5.41, 5.74) is 10.5. The molecule has 0 fully saturated rings. The first-order valence-electron chi connectivity index (χ1n) is 13.4. The predicted molar refractivity (Wildman–Crippen MR) is 170 cm³/mol. The van der Waals surface area contributed by atoms with Gasteiger partial charge in [0.1, 0.15) is 17.3 Å². The van der Waals surface area contributed by atoms with E-state index in [0.717, 1.165) is 37.7 Å². The molecule has 4 N–H and O–H groups in total. The number of nitrogens with two attached hydrogens (primary N) is 1. The van der Waals surface area contributed by atoms with Crippen LogP contribution in [-0.4, -0.2) is 50.8 Å². The van der Waals surface area contributed by atoms with Gasteiger partial charge < -0.3 is 25.5 Å². The first kappa shape index (κ1) is 28.7. The molecule has 42 heavy (non-hydrogen) atoms. The van der Waals surface area contributed by atoms with Gasteiger partial charge in [-0.3, -0.25) is 9.69 Å². The maximum absolute atomic E-state index is 13.2. The van der Waals surface area contributed by atoms with Crippen LogP contribution in [0.5, 0.6) is 5.75 Å². The van der Waals surface area contributed by atoms with Crippen molar-refractivity contribution in [1.29, 1.82) is 0 Å². The van der Waals surface area contributed by atoms with Crippen molar-refractivity contribution in [2.24, 2.45) is 7.05 Å². The van der Waals surface area contributed by atoms with Gasteiger partial charge in [-0.2, -0.15) is 0 Å². The molecule has 3 heterocycles. The highest BCUT2D eigenvalue weighted by atomic mass is 32.1. The normalized spacial score (nSPS) is 11.8. The highest BCUT2D eigenvalue weighted by Gasteiger charge is 2.24. The standard InChI is InChI=1S/C32H33N5O4S/c1-32(2,3)37(31(39)40)14-8-10-21-17-34-29(33)27-22(18-42-28(21)27)19-12-13-23(26(16-19)41-5)35-30(38)25-15-20-9-6-7-11-24(20)36(25)4/h6-13,15-18H,14H2,1-5H3,(H2,33,34)(H,35,38)(H,39,40). The minimum Gasteiger partial charge on any atom is -0.495 e. The second-order valence-electron chi connectivity index (χ2n) is 10.9. The molecule has 0 saturated heterocycles. The van der Waals surface area contributed by atoms with Crippen LogP contribution in [-0.2, 0) is 7.05 Å². The summed E-state index contributed by atoms with van der Waals surface area (Å²) in [6.07, 6.45) is 4.42. The van der Waals surface area contributed by atoms with Gasteiger partial charge in [0.2, 0.25) is 0 Å². The number of hydrogen-bond acceptors (Lipinski definition) is 6. The van der Waals surface area contributed by atoms with Gasteiger partial charge in [0.15, 0.2) is 0 Å². The Hall–Kier alpha value is -4.83. The van der Waals surface area contributed by atoms with Crippen LogP contribution in [0.15, 0.2) is 66.2 Å². The summed E-state index contributed by atoms with van der Waals surface area (Å²) in [7, 11) is 3.43. The Morgan fingerprint density at radius 2 is 1.95 bits per heavy atom. The number of hydrogen-bond donors (Lipinski definition) is 3. The Bertz CT molecular complexity index is 1850. The van der Waals surface area contributed by atoms with Crippen LogP contribution in [0.4, 0.5) is 16.3 Å². The molecule has 0 saturated carbocycles. The van der Waals surface area contributed by atoms with Crippen molar-refractivity contribution in [2.75, 3.05) is 24.7 Å². The molecule has 3 aromatic heterocycles. The van der Waals surface area contributed by atoms with Crippen molar-refractivity contribution >= 4 is 61.9 Å². The van der Waals surface area contributed by atoms with E-state index in [2.05, 4.69) is 10.3 Å². The highest BCUT2D eigenvalue weighted by Crippen LogP contribution is 2.41. The monoisotopic (exact) mass is 583 g/mol. The first-order chi connectivity index (χ1) is 20.0. The molecule has 0 aliphatic carbocycles. The van der Waals surface area contributed by atoms with E-state index in [4.69, 9.17) is 10.5 Å². The lowest BCUT2D eigenvalue weighted by Gasteiger charge is -2.32. The average Bonchev–Trinajstić information content (AvgIpc) is 3.54. The molecular weight excluding hydrogens is 550 g/mol. The van der Waals surface area contributed by atoms with Crippen molar-refractivity contribution in [3.05, 3.63) is 77.4 Å². The molecule has 0 aliphatic heterocycles. The fraction of sp³-hybridized carbons (Fsp3) is 0.219. The summed E-state index contributed by atoms with van der Waals surface area (Å²) >= 11 is 1.53. The van der Waals surface area contributed by atoms with E-state index in [9.17, 15) is 14.7 Å². The maximum Gasteiger partial charge on any atom is 0.408 e. The molecule has 0 unspecified atom stereocenters. The smallest absolute Gasteiger partial charge is 0.408 e. The summed E-state index contributed by atoms with van der Waals surface area (Å²) in [5.74, 6) is 0.670. The van der Waals surface area contributed by atoms with Crippen molar-refractivity contribution < 1.29 is 19.4 Å². The number of aromatic nitrogens is 2. The number of carboxylic acid groups (broad SMARTS) is 1. The van der Waals surface area contributed by atoms with E-state index < -0.39 is 11.6 Å². The van der Waals surface area contributed by atoms with Gasteiger partial charge in [-0.25, -0.2) is 9.78 Å². The molecule has 2 amide bonds. The molecule has 0 aliphatic rings. The third-order valence-corrected chi connectivity index (χ3v) is 8.25.